The van der Waals surface area contributed by atoms with E-state index in [1.54, 1.807) is 26.0 Å². The zero-order valence-electron chi connectivity index (χ0n) is 16.2. The lowest BCUT2D eigenvalue weighted by atomic mass is 10.1. The lowest BCUT2D eigenvalue weighted by Gasteiger charge is -2.26. The maximum Gasteiger partial charge on any atom is 0.253 e. The van der Waals surface area contributed by atoms with E-state index in [0.717, 1.165) is 12.1 Å². The lowest BCUT2D eigenvalue weighted by Crippen LogP contribution is -2.45. The van der Waals surface area contributed by atoms with E-state index < -0.39 is 9.84 Å². The first kappa shape index (κ1) is 21.2. The summed E-state index contributed by atoms with van der Waals surface area (Å²) in [4.78, 5) is 19.8. The van der Waals surface area contributed by atoms with Crippen molar-refractivity contribution in [2.75, 3.05) is 58.8 Å². The molecule has 0 bridgehead atoms. The quantitative estimate of drug-likeness (QED) is 0.511. The molecule has 1 amide bonds. The molecule has 0 aromatic heterocycles. The summed E-state index contributed by atoms with van der Waals surface area (Å²) in [5.41, 5.74) is 1.71. The van der Waals surface area contributed by atoms with E-state index in [4.69, 9.17) is 0 Å². The molecule has 27 heavy (non-hydrogen) atoms. The molecule has 1 aliphatic rings. The topological polar surface area (TPSA) is 94.1 Å². The Morgan fingerprint density at radius 2 is 1.78 bits per heavy atom. The number of amides is 1. The average Bonchev–Trinajstić information content (AvgIpc) is 2.65. The SMILES string of the molecule is CN=C(NCCN1CCS(=O)(=O)CC1)NCc1ccc(C(=O)N(C)C)cc1. The van der Waals surface area contributed by atoms with Gasteiger partial charge in [0, 0.05) is 59.4 Å². The molecule has 0 atom stereocenters. The van der Waals surface area contributed by atoms with Crippen molar-refractivity contribution < 1.29 is 13.2 Å². The van der Waals surface area contributed by atoms with Crippen molar-refractivity contribution in [3.63, 3.8) is 0 Å². The number of rotatable bonds is 6. The third-order valence-corrected chi connectivity index (χ3v) is 6.06. The molecule has 1 fully saturated rings. The average molecular weight is 396 g/mol. The summed E-state index contributed by atoms with van der Waals surface area (Å²) in [7, 11) is 2.34. The van der Waals surface area contributed by atoms with Gasteiger partial charge in [-0.1, -0.05) is 12.1 Å². The van der Waals surface area contributed by atoms with Gasteiger partial charge in [0.15, 0.2) is 15.8 Å². The van der Waals surface area contributed by atoms with E-state index >= 15 is 0 Å². The monoisotopic (exact) mass is 395 g/mol. The summed E-state index contributed by atoms with van der Waals surface area (Å²) in [6.07, 6.45) is 0. The van der Waals surface area contributed by atoms with Crippen LogP contribution < -0.4 is 10.6 Å². The van der Waals surface area contributed by atoms with Gasteiger partial charge in [0.05, 0.1) is 11.5 Å². The highest BCUT2D eigenvalue weighted by Gasteiger charge is 2.20. The number of aliphatic imine (C=N–C) groups is 1. The van der Waals surface area contributed by atoms with Crippen molar-refractivity contribution >= 4 is 21.7 Å². The number of hydrogen-bond donors (Lipinski definition) is 2. The van der Waals surface area contributed by atoms with Crippen LogP contribution in [0, 0.1) is 0 Å². The van der Waals surface area contributed by atoms with Gasteiger partial charge in [-0.2, -0.15) is 0 Å². The molecule has 1 aromatic rings. The highest BCUT2D eigenvalue weighted by molar-refractivity contribution is 7.91. The number of benzene rings is 1. The zero-order valence-corrected chi connectivity index (χ0v) is 17.1. The van der Waals surface area contributed by atoms with Crippen LogP contribution in [-0.4, -0.2) is 88.9 Å². The molecule has 0 radical (unpaired) electrons. The van der Waals surface area contributed by atoms with Gasteiger partial charge in [-0.3, -0.25) is 14.7 Å². The van der Waals surface area contributed by atoms with E-state index in [0.29, 0.717) is 37.7 Å². The van der Waals surface area contributed by atoms with Crippen molar-refractivity contribution in [2.24, 2.45) is 4.99 Å². The molecule has 1 saturated heterocycles. The fourth-order valence-electron chi connectivity index (χ4n) is 2.74. The molecule has 9 heteroatoms. The summed E-state index contributed by atoms with van der Waals surface area (Å²) in [5.74, 6) is 1.16. The minimum atomic E-state index is -2.84. The number of nitrogens with one attached hydrogen (secondary N) is 2. The fourth-order valence-corrected chi connectivity index (χ4v) is 4.01. The van der Waals surface area contributed by atoms with Crippen LogP contribution in [0.25, 0.3) is 0 Å². The van der Waals surface area contributed by atoms with Crippen LogP contribution in [0.15, 0.2) is 29.3 Å². The Labute approximate surface area is 161 Å². The Kier molecular flexibility index (Phi) is 7.61. The predicted octanol–water partition coefficient (Wildman–Crippen LogP) is -0.216. The van der Waals surface area contributed by atoms with Crippen molar-refractivity contribution in [2.45, 2.75) is 6.54 Å². The predicted molar refractivity (Wildman–Crippen MR) is 108 cm³/mol. The zero-order chi connectivity index (χ0) is 19.9. The second-order valence-corrected chi connectivity index (χ2v) is 9.05. The molecule has 0 unspecified atom stereocenters. The Morgan fingerprint density at radius 3 is 2.33 bits per heavy atom. The van der Waals surface area contributed by atoms with Gasteiger partial charge in [-0.25, -0.2) is 8.42 Å². The van der Waals surface area contributed by atoms with Crippen molar-refractivity contribution in [3.8, 4) is 0 Å². The van der Waals surface area contributed by atoms with Gasteiger partial charge >= 0.3 is 0 Å². The minimum absolute atomic E-state index is 0.0162. The number of guanidine groups is 1. The third kappa shape index (κ3) is 6.84. The molecular formula is C18H29N5O3S. The van der Waals surface area contributed by atoms with E-state index in [1.807, 2.05) is 24.3 Å². The molecule has 0 saturated carbocycles. The molecule has 0 aliphatic carbocycles. The highest BCUT2D eigenvalue weighted by Crippen LogP contribution is 2.06. The Hall–Kier alpha value is -2.13. The largest absolute Gasteiger partial charge is 0.355 e. The molecule has 2 N–H and O–H groups in total. The van der Waals surface area contributed by atoms with Crippen LogP contribution in [0.3, 0.4) is 0 Å². The van der Waals surface area contributed by atoms with E-state index in [-0.39, 0.29) is 17.4 Å². The number of hydrogen-bond acceptors (Lipinski definition) is 5. The van der Waals surface area contributed by atoms with Gasteiger partial charge in [0.2, 0.25) is 0 Å². The Morgan fingerprint density at radius 1 is 1.15 bits per heavy atom. The number of carbonyl (C=O) groups is 1. The van der Waals surface area contributed by atoms with Crippen molar-refractivity contribution in [1.29, 1.82) is 0 Å². The first-order valence-corrected chi connectivity index (χ1v) is 10.8. The summed E-state index contributed by atoms with van der Waals surface area (Å²) in [6.45, 7) is 3.24. The van der Waals surface area contributed by atoms with E-state index in [9.17, 15) is 13.2 Å². The normalized spacial score (nSPS) is 17.4. The van der Waals surface area contributed by atoms with Crippen LogP contribution >= 0.6 is 0 Å². The summed E-state index contributed by atoms with van der Waals surface area (Å²) < 4.78 is 22.9. The smallest absolute Gasteiger partial charge is 0.253 e. The van der Waals surface area contributed by atoms with Crippen LogP contribution in [-0.2, 0) is 16.4 Å². The second kappa shape index (κ2) is 9.70. The second-order valence-electron chi connectivity index (χ2n) is 6.74. The van der Waals surface area contributed by atoms with Gasteiger partial charge in [-0.15, -0.1) is 0 Å². The van der Waals surface area contributed by atoms with E-state index in [2.05, 4.69) is 20.5 Å². The van der Waals surface area contributed by atoms with Crippen LogP contribution in [0.2, 0.25) is 0 Å². The van der Waals surface area contributed by atoms with Gasteiger partial charge in [0.25, 0.3) is 5.91 Å². The lowest BCUT2D eigenvalue weighted by molar-refractivity contribution is 0.0827. The summed E-state index contributed by atoms with van der Waals surface area (Å²) in [6, 6.07) is 7.48. The maximum absolute atomic E-state index is 11.9. The third-order valence-electron chi connectivity index (χ3n) is 4.45. The van der Waals surface area contributed by atoms with E-state index in [1.165, 1.54) is 0 Å². The maximum atomic E-state index is 11.9. The fraction of sp³-hybridized carbons (Fsp3) is 0.556. The van der Waals surface area contributed by atoms with Crippen molar-refractivity contribution in [3.05, 3.63) is 35.4 Å². The standard InChI is InChI=1S/C18H29N5O3S/c1-19-18(20-8-9-23-10-12-27(25,26)13-11-23)21-14-15-4-6-16(7-5-15)17(24)22(2)3/h4-7H,8-14H2,1-3H3,(H2,19,20,21). The number of carbonyl (C=O) groups excluding carboxylic acids is 1. The van der Waals surface area contributed by atoms with Gasteiger partial charge in [-0.05, 0) is 17.7 Å². The first-order chi connectivity index (χ1) is 12.8. The van der Waals surface area contributed by atoms with Crippen LogP contribution in [0.4, 0.5) is 0 Å². The Bertz CT molecular complexity index is 746. The molecule has 1 heterocycles. The molecule has 0 spiro atoms. The number of sulfone groups is 1. The molecular weight excluding hydrogens is 366 g/mol. The highest BCUT2D eigenvalue weighted by atomic mass is 32.2. The van der Waals surface area contributed by atoms with Crippen LogP contribution in [0.5, 0.6) is 0 Å². The minimum Gasteiger partial charge on any atom is -0.355 e. The molecule has 1 aromatic carbocycles. The van der Waals surface area contributed by atoms with Crippen LogP contribution in [0.1, 0.15) is 15.9 Å². The summed E-state index contributed by atoms with van der Waals surface area (Å²) in [5, 5.41) is 6.48. The number of nitrogens with zero attached hydrogens (tertiary/aromatic N) is 3. The Balaban J connectivity index is 1.73. The van der Waals surface area contributed by atoms with Crippen molar-refractivity contribution in [1.82, 2.24) is 20.4 Å². The van der Waals surface area contributed by atoms with Gasteiger partial charge in [0.1, 0.15) is 0 Å². The molecule has 8 nitrogen and oxygen atoms in total. The van der Waals surface area contributed by atoms with Gasteiger partial charge < -0.3 is 15.5 Å². The molecule has 150 valence electrons. The molecule has 2 rings (SSSR count). The molecule has 1 aliphatic heterocycles. The first-order valence-electron chi connectivity index (χ1n) is 8.98. The summed E-state index contributed by atoms with van der Waals surface area (Å²) >= 11 is 0.